The van der Waals surface area contributed by atoms with Crippen LogP contribution in [0.4, 0.5) is 11.4 Å². The van der Waals surface area contributed by atoms with Gasteiger partial charge < -0.3 is 15.8 Å². The molecule has 0 fully saturated rings. The first-order valence-electron chi connectivity index (χ1n) is 5.43. The van der Waals surface area contributed by atoms with Crippen LogP contribution in [0.1, 0.15) is 15.9 Å². The number of rotatable bonds is 4. The highest BCUT2D eigenvalue weighted by molar-refractivity contribution is 7.07. The number of carbonyl (C=O) groups is 1. The zero-order valence-corrected chi connectivity index (χ0v) is 10.8. The SMILES string of the molecule is COC(=O)c1ccc(N)c(NCc2ccsc2)c1. The van der Waals surface area contributed by atoms with Gasteiger partial charge in [-0.3, -0.25) is 0 Å². The lowest BCUT2D eigenvalue weighted by molar-refractivity contribution is 0.0601. The highest BCUT2D eigenvalue weighted by Gasteiger charge is 2.08. The number of thiophene rings is 1. The van der Waals surface area contributed by atoms with Crippen molar-refractivity contribution in [3.63, 3.8) is 0 Å². The van der Waals surface area contributed by atoms with E-state index in [1.54, 1.807) is 29.5 Å². The van der Waals surface area contributed by atoms with Crippen LogP contribution in [0.5, 0.6) is 0 Å². The smallest absolute Gasteiger partial charge is 0.337 e. The molecule has 1 aromatic carbocycles. The molecule has 0 aliphatic rings. The van der Waals surface area contributed by atoms with Crippen molar-refractivity contribution in [2.45, 2.75) is 6.54 Å². The summed E-state index contributed by atoms with van der Waals surface area (Å²) in [5.74, 6) is -0.367. The van der Waals surface area contributed by atoms with E-state index in [2.05, 4.69) is 15.4 Å². The summed E-state index contributed by atoms with van der Waals surface area (Å²) in [6.07, 6.45) is 0. The number of anilines is 2. The molecule has 94 valence electrons. The summed E-state index contributed by atoms with van der Waals surface area (Å²) in [4.78, 5) is 11.4. The Balaban J connectivity index is 2.13. The number of esters is 1. The lowest BCUT2D eigenvalue weighted by atomic mass is 10.1. The molecule has 1 aromatic heterocycles. The van der Waals surface area contributed by atoms with Crippen LogP contribution in [-0.4, -0.2) is 13.1 Å². The molecular formula is C13H14N2O2S. The van der Waals surface area contributed by atoms with E-state index in [4.69, 9.17) is 5.73 Å². The predicted molar refractivity (Wildman–Crippen MR) is 73.8 cm³/mol. The van der Waals surface area contributed by atoms with Gasteiger partial charge in [-0.15, -0.1) is 0 Å². The van der Waals surface area contributed by atoms with Gasteiger partial charge in [0, 0.05) is 6.54 Å². The quantitative estimate of drug-likeness (QED) is 0.657. The maximum absolute atomic E-state index is 11.4. The van der Waals surface area contributed by atoms with Crippen molar-refractivity contribution >= 4 is 28.7 Å². The first kappa shape index (κ1) is 12.4. The molecule has 0 amide bonds. The lowest BCUT2D eigenvalue weighted by Crippen LogP contribution is -2.06. The van der Waals surface area contributed by atoms with E-state index >= 15 is 0 Å². The fourth-order valence-corrected chi connectivity index (χ4v) is 2.21. The molecule has 0 saturated heterocycles. The molecule has 0 aliphatic heterocycles. The van der Waals surface area contributed by atoms with Crippen LogP contribution < -0.4 is 11.1 Å². The number of nitrogens with two attached hydrogens (primary N) is 1. The van der Waals surface area contributed by atoms with Crippen LogP contribution >= 0.6 is 11.3 Å². The highest BCUT2D eigenvalue weighted by Crippen LogP contribution is 2.21. The molecule has 2 rings (SSSR count). The zero-order valence-electron chi connectivity index (χ0n) is 9.97. The summed E-state index contributed by atoms with van der Waals surface area (Å²) in [6, 6.07) is 7.09. The molecular weight excluding hydrogens is 248 g/mol. The number of hydrogen-bond donors (Lipinski definition) is 2. The van der Waals surface area contributed by atoms with Crippen molar-refractivity contribution in [3.05, 3.63) is 46.2 Å². The molecule has 5 heteroatoms. The van der Waals surface area contributed by atoms with Crippen LogP contribution in [0.15, 0.2) is 35.0 Å². The van der Waals surface area contributed by atoms with Gasteiger partial charge in [0.1, 0.15) is 0 Å². The van der Waals surface area contributed by atoms with Crippen LogP contribution in [0.2, 0.25) is 0 Å². The van der Waals surface area contributed by atoms with Gasteiger partial charge in [-0.1, -0.05) is 0 Å². The predicted octanol–water partition coefficient (Wildman–Crippen LogP) is 2.73. The molecule has 3 N–H and O–H groups in total. The van der Waals surface area contributed by atoms with Crippen LogP contribution in [-0.2, 0) is 11.3 Å². The normalized spacial score (nSPS) is 10.1. The monoisotopic (exact) mass is 262 g/mol. The second kappa shape index (κ2) is 5.55. The van der Waals surface area contributed by atoms with Crippen molar-refractivity contribution < 1.29 is 9.53 Å². The second-order valence-corrected chi connectivity index (χ2v) is 4.56. The number of hydrogen-bond acceptors (Lipinski definition) is 5. The van der Waals surface area contributed by atoms with Crippen molar-refractivity contribution in [3.8, 4) is 0 Å². The topological polar surface area (TPSA) is 64.3 Å². The Morgan fingerprint density at radius 2 is 2.28 bits per heavy atom. The minimum Gasteiger partial charge on any atom is -0.465 e. The number of methoxy groups -OCH3 is 1. The standard InChI is InChI=1S/C13H14N2O2S/c1-17-13(16)10-2-3-11(14)12(6-10)15-7-9-4-5-18-8-9/h2-6,8,15H,7,14H2,1H3. The molecule has 0 spiro atoms. The van der Waals surface area contributed by atoms with E-state index in [0.29, 0.717) is 17.8 Å². The number of benzene rings is 1. The van der Waals surface area contributed by atoms with Crippen molar-refractivity contribution in [1.29, 1.82) is 0 Å². The fraction of sp³-hybridized carbons (Fsp3) is 0.154. The Morgan fingerprint density at radius 3 is 2.94 bits per heavy atom. The Labute approximate surface area is 109 Å². The first-order chi connectivity index (χ1) is 8.70. The van der Waals surface area contributed by atoms with Gasteiger partial charge in [-0.2, -0.15) is 11.3 Å². The Bertz CT molecular complexity index is 538. The third-order valence-electron chi connectivity index (χ3n) is 2.54. The van der Waals surface area contributed by atoms with Gasteiger partial charge in [-0.25, -0.2) is 4.79 Å². The fourth-order valence-electron chi connectivity index (χ4n) is 1.54. The number of nitrogens with one attached hydrogen (secondary N) is 1. The Hall–Kier alpha value is -2.01. The van der Waals surface area contributed by atoms with E-state index in [9.17, 15) is 4.79 Å². The molecule has 0 aliphatic carbocycles. The highest BCUT2D eigenvalue weighted by atomic mass is 32.1. The minimum absolute atomic E-state index is 0.367. The van der Waals surface area contributed by atoms with Crippen LogP contribution in [0.3, 0.4) is 0 Å². The Morgan fingerprint density at radius 1 is 1.44 bits per heavy atom. The van der Waals surface area contributed by atoms with E-state index in [0.717, 1.165) is 5.69 Å². The molecule has 0 atom stereocenters. The number of ether oxygens (including phenoxy) is 1. The summed E-state index contributed by atoms with van der Waals surface area (Å²) in [7, 11) is 1.36. The molecule has 0 radical (unpaired) electrons. The maximum Gasteiger partial charge on any atom is 0.337 e. The molecule has 4 nitrogen and oxygen atoms in total. The average Bonchev–Trinajstić information content (AvgIpc) is 2.90. The van der Waals surface area contributed by atoms with E-state index in [1.165, 1.54) is 12.7 Å². The third-order valence-corrected chi connectivity index (χ3v) is 3.27. The summed E-state index contributed by atoms with van der Waals surface area (Å²) in [5.41, 5.74) is 8.88. The molecule has 0 unspecified atom stereocenters. The zero-order chi connectivity index (χ0) is 13.0. The van der Waals surface area contributed by atoms with Gasteiger partial charge in [0.2, 0.25) is 0 Å². The largest absolute Gasteiger partial charge is 0.465 e. The van der Waals surface area contributed by atoms with Crippen molar-refractivity contribution in [2.75, 3.05) is 18.2 Å². The van der Waals surface area contributed by atoms with E-state index in [-0.39, 0.29) is 5.97 Å². The lowest BCUT2D eigenvalue weighted by Gasteiger charge is -2.10. The van der Waals surface area contributed by atoms with Gasteiger partial charge in [-0.05, 0) is 40.6 Å². The molecule has 0 saturated carbocycles. The Kier molecular flexibility index (Phi) is 3.84. The van der Waals surface area contributed by atoms with Crippen molar-refractivity contribution in [2.24, 2.45) is 0 Å². The first-order valence-corrected chi connectivity index (χ1v) is 6.38. The minimum atomic E-state index is -0.367. The molecule has 0 bridgehead atoms. The summed E-state index contributed by atoms with van der Waals surface area (Å²) in [6.45, 7) is 0.679. The third kappa shape index (κ3) is 2.81. The number of carbonyl (C=O) groups excluding carboxylic acids is 1. The van der Waals surface area contributed by atoms with Gasteiger partial charge in [0.25, 0.3) is 0 Å². The summed E-state index contributed by atoms with van der Waals surface area (Å²) < 4.78 is 4.68. The summed E-state index contributed by atoms with van der Waals surface area (Å²) in [5, 5.41) is 7.29. The van der Waals surface area contributed by atoms with Gasteiger partial charge in [0.05, 0.1) is 24.0 Å². The van der Waals surface area contributed by atoms with E-state index < -0.39 is 0 Å². The average molecular weight is 262 g/mol. The van der Waals surface area contributed by atoms with Gasteiger partial charge in [0.15, 0.2) is 0 Å². The summed E-state index contributed by atoms with van der Waals surface area (Å²) >= 11 is 1.65. The van der Waals surface area contributed by atoms with Crippen LogP contribution in [0, 0.1) is 0 Å². The van der Waals surface area contributed by atoms with Gasteiger partial charge >= 0.3 is 5.97 Å². The molecule has 1 heterocycles. The van der Waals surface area contributed by atoms with Crippen LogP contribution in [0.25, 0.3) is 0 Å². The second-order valence-electron chi connectivity index (χ2n) is 3.78. The molecule has 2 aromatic rings. The van der Waals surface area contributed by atoms with E-state index in [1.807, 2.05) is 11.4 Å². The molecule has 18 heavy (non-hydrogen) atoms. The maximum atomic E-state index is 11.4. The number of nitrogen functional groups attached to an aromatic ring is 1. The van der Waals surface area contributed by atoms with Crippen molar-refractivity contribution in [1.82, 2.24) is 0 Å².